The molecule has 0 unspecified atom stereocenters. The largest absolute Gasteiger partial charge is 0.464 e. The van der Waals surface area contributed by atoms with Crippen molar-refractivity contribution in [2.75, 3.05) is 0 Å². The lowest BCUT2D eigenvalue weighted by molar-refractivity contribution is -0.137. The maximum atomic E-state index is 12.9. The second-order valence-corrected chi connectivity index (χ2v) is 7.14. The second-order valence-electron chi connectivity index (χ2n) is 7.14. The Labute approximate surface area is 166 Å². The Hall–Kier alpha value is -3.28. The summed E-state index contributed by atoms with van der Waals surface area (Å²) in [5, 5.41) is 6.68. The molecule has 2 aliphatic heterocycles. The van der Waals surface area contributed by atoms with Gasteiger partial charge >= 0.3 is 6.18 Å². The number of hydrazone groups is 1. The summed E-state index contributed by atoms with van der Waals surface area (Å²) < 4.78 is 45.0. The number of nitrogens with zero attached hydrogens (tertiary/aromatic N) is 2. The van der Waals surface area contributed by atoms with E-state index in [9.17, 15) is 13.2 Å². The van der Waals surface area contributed by atoms with Gasteiger partial charge in [0.05, 0.1) is 17.3 Å². The Kier molecular flexibility index (Phi) is 4.08. The monoisotopic (exact) mass is 394 g/mol. The van der Waals surface area contributed by atoms with Crippen LogP contribution in [-0.2, 0) is 6.18 Å². The maximum absolute atomic E-state index is 12.9. The molecule has 0 N–H and O–H groups in total. The molecule has 0 aromatic heterocycles. The van der Waals surface area contributed by atoms with Crippen molar-refractivity contribution in [3.8, 4) is 5.75 Å². The van der Waals surface area contributed by atoms with E-state index in [4.69, 9.17) is 9.84 Å². The first-order valence-electron chi connectivity index (χ1n) is 9.35. The average Bonchev–Trinajstić information content (AvgIpc) is 3.19. The normalized spacial score (nSPS) is 20.5. The minimum absolute atomic E-state index is 0.0255. The van der Waals surface area contributed by atoms with Crippen molar-refractivity contribution < 1.29 is 17.9 Å². The number of hydrogen-bond donors (Lipinski definition) is 0. The Balaban J connectivity index is 1.56. The van der Waals surface area contributed by atoms with E-state index in [-0.39, 0.29) is 6.04 Å². The van der Waals surface area contributed by atoms with Crippen molar-refractivity contribution in [1.82, 2.24) is 5.01 Å². The summed E-state index contributed by atoms with van der Waals surface area (Å²) in [5.74, 6) is 0.739. The predicted molar refractivity (Wildman–Crippen MR) is 103 cm³/mol. The van der Waals surface area contributed by atoms with E-state index in [0.29, 0.717) is 12.0 Å². The Bertz CT molecular complexity index is 1060. The van der Waals surface area contributed by atoms with E-state index in [1.54, 1.807) is 0 Å². The number of ether oxygens (including phenoxy) is 1. The van der Waals surface area contributed by atoms with Gasteiger partial charge in [-0.15, -0.1) is 0 Å². The highest BCUT2D eigenvalue weighted by atomic mass is 19.4. The van der Waals surface area contributed by atoms with Crippen molar-refractivity contribution in [1.29, 1.82) is 0 Å². The quantitative estimate of drug-likeness (QED) is 0.537. The molecule has 0 saturated carbocycles. The highest BCUT2D eigenvalue weighted by molar-refractivity contribution is 6.01. The van der Waals surface area contributed by atoms with E-state index in [1.165, 1.54) is 12.1 Å². The SMILES string of the molecule is FC(F)(F)c1ccc([C@H]2Oc3ccccc3[C@@H]3CC(c4ccccc4)=NN23)cc1. The van der Waals surface area contributed by atoms with E-state index in [1.807, 2.05) is 59.6 Å². The lowest BCUT2D eigenvalue weighted by atomic mass is 9.96. The number of rotatable bonds is 2. The first-order chi connectivity index (χ1) is 14.0. The molecule has 6 heteroatoms. The number of para-hydroxylation sites is 1. The van der Waals surface area contributed by atoms with E-state index >= 15 is 0 Å². The first-order valence-corrected chi connectivity index (χ1v) is 9.35. The molecule has 0 amide bonds. The molecule has 0 aliphatic carbocycles. The van der Waals surface area contributed by atoms with Crippen LogP contribution in [0.2, 0.25) is 0 Å². The van der Waals surface area contributed by atoms with Gasteiger partial charge in [0.15, 0.2) is 0 Å². The molecule has 2 aliphatic rings. The number of fused-ring (bicyclic) bond motifs is 3. The summed E-state index contributed by atoms with van der Waals surface area (Å²) in [6, 6.07) is 22.8. The minimum atomic E-state index is -4.37. The van der Waals surface area contributed by atoms with Crippen LogP contribution in [-0.4, -0.2) is 10.7 Å². The molecular formula is C23H17F3N2O. The third-order valence-corrected chi connectivity index (χ3v) is 5.33. The zero-order valence-corrected chi connectivity index (χ0v) is 15.3. The number of alkyl halides is 3. The van der Waals surface area contributed by atoms with Gasteiger partial charge in [0, 0.05) is 17.5 Å². The zero-order valence-electron chi connectivity index (χ0n) is 15.3. The molecule has 3 aromatic carbocycles. The van der Waals surface area contributed by atoms with Crippen molar-refractivity contribution in [3.05, 3.63) is 101 Å². The summed E-state index contributed by atoms with van der Waals surface area (Å²) in [4.78, 5) is 0. The predicted octanol–water partition coefficient (Wildman–Crippen LogP) is 5.95. The van der Waals surface area contributed by atoms with E-state index in [0.717, 1.165) is 34.7 Å². The highest BCUT2D eigenvalue weighted by Gasteiger charge is 2.41. The van der Waals surface area contributed by atoms with Crippen molar-refractivity contribution in [2.45, 2.75) is 24.9 Å². The maximum Gasteiger partial charge on any atom is 0.416 e. The molecule has 0 radical (unpaired) electrons. The molecule has 0 saturated heterocycles. The summed E-state index contributed by atoms with van der Waals surface area (Å²) >= 11 is 0. The standard InChI is InChI=1S/C23H17F3N2O/c24-23(25,26)17-12-10-16(11-13-17)22-28-20(18-8-4-5-9-21(18)29-22)14-19(27-28)15-6-2-1-3-7-15/h1-13,20,22H,14H2/t20-,22+/m0/s1. The molecular weight excluding hydrogens is 377 g/mol. The molecule has 146 valence electrons. The molecule has 2 atom stereocenters. The Morgan fingerprint density at radius 1 is 0.862 bits per heavy atom. The summed E-state index contributed by atoms with van der Waals surface area (Å²) in [7, 11) is 0. The fraction of sp³-hybridized carbons (Fsp3) is 0.174. The first kappa shape index (κ1) is 17.8. The molecule has 3 aromatic rings. The van der Waals surface area contributed by atoms with Crippen molar-refractivity contribution in [2.24, 2.45) is 5.10 Å². The highest BCUT2D eigenvalue weighted by Crippen LogP contribution is 2.47. The molecule has 29 heavy (non-hydrogen) atoms. The van der Waals surface area contributed by atoms with Crippen LogP contribution in [0.4, 0.5) is 13.2 Å². The Morgan fingerprint density at radius 3 is 2.28 bits per heavy atom. The smallest absolute Gasteiger partial charge is 0.416 e. The van der Waals surface area contributed by atoms with Crippen LogP contribution in [0.5, 0.6) is 5.75 Å². The van der Waals surface area contributed by atoms with Gasteiger partial charge in [-0.05, 0) is 23.8 Å². The fourth-order valence-electron chi connectivity index (χ4n) is 3.90. The lowest BCUT2D eigenvalue weighted by Crippen LogP contribution is -2.33. The van der Waals surface area contributed by atoms with Gasteiger partial charge in [0.1, 0.15) is 5.75 Å². The van der Waals surface area contributed by atoms with Gasteiger partial charge in [-0.3, -0.25) is 0 Å². The molecule has 5 rings (SSSR count). The minimum Gasteiger partial charge on any atom is -0.464 e. The van der Waals surface area contributed by atoms with Crippen LogP contribution < -0.4 is 4.74 Å². The summed E-state index contributed by atoms with van der Waals surface area (Å²) in [5.41, 5.74) is 2.96. The van der Waals surface area contributed by atoms with Crippen LogP contribution in [0.25, 0.3) is 0 Å². The van der Waals surface area contributed by atoms with E-state index < -0.39 is 18.0 Å². The molecule has 2 heterocycles. The van der Waals surface area contributed by atoms with E-state index in [2.05, 4.69) is 0 Å². The molecule has 0 spiro atoms. The van der Waals surface area contributed by atoms with Gasteiger partial charge in [0.2, 0.25) is 6.23 Å². The van der Waals surface area contributed by atoms with Gasteiger partial charge < -0.3 is 4.74 Å². The molecule has 0 bridgehead atoms. The lowest BCUT2D eigenvalue weighted by Gasteiger charge is -2.38. The zero-order chi connectivity index (χ0) is 20.0. The molecule has 3 nitrogen and oxygen atoms in total. The van der Waals surface area contributed by atoms with Crippen LogP contribution in [0.1, 0.15) is 40.9 Å². The van der Waals surface area contributed by atoms with Crippen molar-refractivity contribution in [3.63, 3.8) is 0 Å². The number of halogens is 3. The Morgan fingerprint density at radius 2 is 1.55 bits per heavy atom. The van der Waals surface area contributed by atoms with Gasteiger partial charge in [0.25, 0.3) is 0 Å². The number of hydrogen-bond acceptors (Lipinski definition) is 3. The number of benzene rings is 3. The third kappa shape index (κ3) is 3.14. The van der Waals surface area contributed by atoms with Crippen molar-refractivity contribution >= 4 is 5.71 Å². The topological polar surface area (TPSA) is 24.8 Å². The van der Waals surface area contributed by atoms with Gasteiger partial charge in [-0.25, -0.2) is 5.01 Å². The molecule has 0 fully saturated rings. The fourth-order valence-corrected chi connectivity index (χ4v) is 3.90. The summed E-state index contributed by atoms with van der Waals surface area (Å²) in [6.07, 6.45) is -4.24. The second kappa shape index (κ2) is 6.65. The van der Waals surface area contributed by atoms with Crippen LogP contribution in [0.15, 0.2) is 84.0 Å². The van der Waals surface area contributed by atoms with Crippen LogP contribution in [0, 0.1) is 0 Å². The van der Waals surface area contributed by atoms with Crippen LogP contribution in [0.3, 0.4) is 0 Å². The average molecular weight is 394 g/mol. The van der Waals surface area contributed by atoms with Gasteiger partial charge in [-0.2, -0.15) is 18.3 Å². The summed E-state index contributed by atoms with van der Waals surface area (Å²) in [6.45, 7) is 0. The third-order valence-electron chi connectivity index (χ3n) is 5.33. The van der Waals surface area contributed by atoms with Crippen LogP contribution >= 0.6 is 0 Å². The van der Waals surface area contributed by atoms with Gasteiger partial charge in [-0.1, -0.05) is 60.7 Å².